The van der Waals surface area contributed by atoms with E-state index < -0.39 is 0 Å². The Kier molecular flexibility index (Phi) is 2.91. The van der Waals surface area contributed by atoms with Crippen LogP contribution in [0, 0.1) is 0 Å². The highest BCUT2D eigenvalue weighted by Crippen LogP contribution is 2.39. The zero-order valence-corrected chi connectivity index (χ0v) is 9.77. The molecule has 0 saturated heterocycles. The molecule has 0 atom stereocenters. The summed E-state index contributed by atoms with van der Waals surface area (Å²) in [5.74, 6) is 1.22. The average molecular weight is 236 g/mol. The number of fused-ring (bicyclic) bond motifs is 1. The number of benzene rings is 1. The Morgan fingerprint density at radius 3 is 2.35 bits per heavy atom. The van der Waals surface area contributed by atoms with E-state index in [1.54, 1.807) is 6.07 Å². The number of rotatable bonds is 3. The SMILES string of the molecule is COc1cc(OC)c2c(=O)ccoc2c1OC. The van der Waals surface area contributed by atoms with E-state index in [4.69, 9.17) is 18.6 Å². The first-order chi connectivity index (χ1) is 8.22. The van der Waals surface area contributed by atoms with Gasteiger partial charge in [0.1, 0.15) is 11.1 Å². The summed E-state index contributed by atoms with van der Waals surface area (Å²) in [4.78, 5) is 11.8. The highest BCUT2D eigenvalue weighted by molar-refractivity contribution is 5.90. The fraction of sp³-hybridized carbons (Fsp3) is 0.250. The maximum Gasteiger partial charge on any atom is 0.204 e. The van der Waals surface area contributed by atoms with Gasteiger partial charge >= 0.3 is 0 Å². The summed E-state index contributed by atoms with van der Waals surface area (Å²) in [6, 6.07) is 2.93. The summed E-state index contributed by atoms with van der Waals surface area (Å²) in [7, 11) is 4.47. The molecular weight excluding hydrogens is 224 g/mol. The molecule has 0 aliphatic carbocycles. The van der Waals surface area contributed by atoms with Gasteiger partial charge in [-0.05, 0) is 0 Å². The first-order valence-corrected chi connectivity index (χ1v) is 4.93. The van der Waals surface area contributed by atoms with Crippen molar-refractivity contribution in [2.45, 2.75) is 0 Å². The zero-order valence-electron chi connectivity index (χ0n) is 9.77. The second-order valence-electron chi connectivity index (χ2n) is 3.30. The molecule has 0 bridgehead atoms. The van der Waals surface area contributed by atoms with Gasteiger partial charge in [0.15, 0.2) is 16.8 Å². The third kappa shape index (κ3) is 1.69. The van der Waals surface area contributed by atoms with E-state index in [-0.39, 0.29) is 5.43 Å². The van der Waals surface area contributed by atoms with Crippen molar-refractivity contribution in [1.29, 1.82) is 0 Å². The van der Waals surface area contributed by atoms with Crippen LogP contribution in [0.2, 0.25) is 0 Å². The Hall–Kier alpha value is -2.17. The van der Waals surface area contributed by atoms with Gasteiger partial charge in [0.05, 0.1) is 27.6 Å². The maximum absolute atomic E-state index is 11.8. The summed E-state index contributed by atoms with van der Waals surface area (Å²) < 4.78 is 20.8. The molecule has 0 N–H and O–H groups in total. The third-order valence-corrected chi connectivity index (χ3v) is 2.46. The molecule has 0 saturated carbocycles. The molecule has 0 radical (unpaired) electrons. The molecule has 5 nitrogen and oxygen atoms in total. The Bertz CT molecular complexity index is 600. The Morgan fingerprint density at radius 2 is 1.76 bits per heavy atom. The van der Waals surface area contributed by atoms with Crippen molar-refractivity contribution in [2.24, 2.45) is 0 Å². The lowest BCUT2D eigenvalue weighted by atomic mass is 10.2. The molecule has 0 aliphatic heterocycles. The minimum Gasteiger partial charge on any atom is -0.496 e. The van der Waals surface area contributed by atoms with Crippen LogP contribution >= 0.6 is 0 Å². The molecule has 2 rings (SSSR count). The van der Waals surface area contributed by atoms with E-state index >= 15 is 0 Å². The average Bonchev–Trinajstić information content (AvgIpc) is 2.36. The van der Waals surface area contributed by atoms with E-state index in [1.165, 1.54) is 33.7 Å². The molecule has 90 valence electrons. The second kappa shape index (κ2) is 4.37. The van der Waals surface area contributed by atoms with Gasteiger partial charge in [-0.3, -0.25) is 4.79 Å². The van der Waals surface area contributed by atoms with Gasteiger partial charge in [-0.15, -0.1) is 0 Å². The maximum atomic E-state index is 11.8. The van der Waals surface area contributed by atoms with Crippen molar-refractivity contribution < 1.29 is 18.6 Å². The van der Waals surface area contributed by atoms with Gasteiger partial charge in [0.25, 0.3) is 0 Å². The molecule has 0 amide bonds. The first kappa shape index (κ1) is 11.3. The quantitative estimate of drug-likeness (QED) is 0.813. The van der Waals surface area contributed by atoms with Gasteiger partial charge in [-0.1, -0.05) is 0 Å². The summed E-state index contributed by atoms with van der Waals surface area (Å²) >= 11 is 0. The summed E-state index contributed by atoms with van der Waals surface area (Å²) in [6.07, 6.45) is 1.31. The van der Waals surface area contributed by atoms with Gasteiger partial charge in [0, 0.05) is 12.1 Å². The Morgan fingerprint density at radius 1 is 1.06 bits per heavy atom. The third-order valence-electron chi connectivity index (χ3n) is 2.46. The Labute approximate surface area is 97.5 Å². The monoisotopic (exact) mass is 236 g/mol. The fourth-order valence-electron chi connectivity index (χ4n) is 1.69. The van der Waals surface area contributed by atoms with Gasteiger partial charge in [-0.2, -0.15) is 0 Å². The van der Waals surface area contributed by atoms with Crippen molar-refractivity contribution in [1.82, 2.24) is 0 Å². The van der Waals surface area contributed by atoms with Gasteiger partial charge in [0.2, 0.25) is 5.75 Å². The van der Waals surface area contributed by atoms with Crippen molar-refractivity contribution in [3.8, 4) is 17.2 Å². The number of ether oxygens (including phenoxy) is 3. The lowest BCUT2D eigenvalue weighted by Crippen LogP contribution is -2.03. The minimum absolute atomic E-state index is 0.191. The standard InChI is InChI=1S/C12H12O5/c1-14-8-6-9(15-2)11(16-3)12-10(8)7(13)4-5-17-12/h4-6H,1-3H3. The van der Waals surface area contributed by atoms with Crippen LogP contribution in [0.4, 0.5) is 0 Å². The molecule has 0 fully saturated rings. The molecule has 1 aromatic heterocycles. The van der Waals surface area contributed by atoms with Crippen LogP contribution in [0.1, 0.15) is 0 Å². The molecule has 5 heteroatoms. The normalized spacial score (nSPS) is 10.3. The molecule has 0 spiro atoms. The topological polar surface area (TPSA) is 57.9 Å². The van der Waals surface area contributed by atoms with Crippen LogP contribution < -0.4 is 19.6 Å². The summed E-state index contributed by atoms with van der Waals surface area (Å²) in [5, 5.41) is 0.340. The van der Waals surface area contributed by atoms with Crippen LogP contribution in [-0.2, 0) is 0 Å². The zero-order chi connectivity index (χ0) is 12.4. The van der Waals surface area contributed by atoms with Gasteiger partial charge < -0.3 is 18.6 Å². The first-order valence-electron chi connectivity index (χ1n) is 4.93. The lowest BCUT2D eigenvalue weighted by Gasteiger charge is -2.12. The number of hydrogen-bond acceptors (Lipinski definition) is 5. The van der Waals surface area contributed by atoms with E-state index in [9.17, 15) is 4.79 Å². The predicted molar refractivity (Wildman–Crippen MR) is 62.1 cm³/mol. The van der Waals surface area contributed by atoms with Crippen molar-refractivity contribution >= 4 is 11.0 Å². The van der Waals surface area contributed by atoms with Gasteiger partial charge in [-0.25, -0.2) is 0 Å². The molecule has 0 aliphatic rings. The van der Waals surface area contributed by atoms with Crippen molar-refractivity contribution in [3.05, 3.63) is 28.6 Å². The Balaban J connectivity index is 2.96. The second-order valence-corrected chi connectivity index (χ2v) is 3.30. The lowest BCUT2D eigenvalue weighted by molar-refractivity contribution is 0.348. The molecule has 17 heavy (non-hydrogen) atoms. The number of methoxy groups -OCH3 is 3. The van der Waals surface area contributed by atoms with Crippen LogP contribution in [0.15, 0.2) is 27.6 Å². The molecule has 0 unspecified atom stereocenters. The molecular formula is C12H12O5. The van der Waals surface area contributed by atoms with Crippen LogP contribution in [-0.4, -0.2) is 21.3 Å². The molecule has 2 aromatic rings. The van der Waals surface area contributed by atoms with Crippen LogP contribution in [0.25, 0.3) is 11.0 Å². The minimum atomic E-state index is -0.191. The predicted octanol–water partition coefficient (Wildman–Crippen LogP) is 1.82. The van der Waals surface area contributed by atoms with E-state index in [2.05, 4.69) is 0 Å². The van der Waals surface area contributed by atoms with Crippen LogP contribution in [0.3, 0.4) is 0 Å². The largest absolute Gasteiger partial charge is 0.496 e. The highest BCUT2D eigenvalue weighted by atomic mass is 16.5. The summed E-state index contributed by atoms with van der Waals surface area (Å²) in [5.41, 5.74) is 0.125. The smallest absolute Gasteiger partial charge is 0.204 e. The molecule has 1 heterocycles. The van der Waals surface area contributed by atoms with E-state index in [1.807, 2.05) is 0 Å². The van der Waals surface area contributed by atoms with Crippen LogP contribution in [0.5, 0.6) is 17.2 Å². The van der Waals surface area contributed by atoms with E-state index in [0.29, 0.717) is 28.2 Å². The molecule has 1 aromatic carbocycles. The highest BCUT2D eigenvalue weighted by Gasteiger charge is 2.18. The fourth-order valence-corrected chi connectivity index (χ4v) is 1.69. The summed E-state index contributed by atoms with van der Waals surface area (Å²) in [6.45, 7) is 0. The van der Waals surface area contributed by atoms with Crippen molar-refractivity contribution in [2.75, 3.05) is 21.3 Å². The number of hydrogen-bond donors (Lipinski definition) is 0. The van der Waals surface area contributed by atoms with E-state index in [0.717, 1.165) is 0 Å². The van der Waals surface area contributed by atoms with Crippen molar-refractivity contribution in [3.63, 3.8) is 0 Å².